The first-order valence-electron chi connectivity index (χ1n) is 14.1. The van der Waals surface area contributed by atoms with E-state index in [4.69, 9.17) is 33.2 Å². The smallest absolute Gasteiger partial charge is 0.187 e. The molecule has 0 aliphatic carbocycles. The number of phenols is 1. The Kier molecular flexibility index (Phi) is 12.1. The van der Waals surface area contributed by atoms with Crippen molar-refractivity contribution in [1.82, 2.24) is 0 Å². The van der Waals surface area contributed by atoms with E-state index in [9.17, 15) is 51.1 Å². The summed E-state index contributed by atoms with van der Waals surface area (Å²) in [7, 11) is 1.40. The van der Waals surface area contributed by atoms with Crippen molar-refractivity contribution in [3.05, 3.63) is 23.8 Å². The SMILES string of the molecule is COc1cc(CCO[C@@H]2O[C@H](CO[C@@H]3O[C@H](CO)[C@@H](O)[C@H](O)[C@H]3O)[C@@H](O)[C@H](O[C@@H]3O[C@@H](C)[C@H](O)[C@@H](O)[C@H]3O)[C@H]2O)ccc1O. The Labute approximate surface area is 252 Å². The van der Waals surface area contributed by atoms with Crippen molar-refractivity contribution in [3.63, 3.8) is 0 Å². The molecule has 0 unspecified atom stereocenters. The maximum atomic E-state index is 11.1. The van der Waals surface area contributed by atoms with E-state index in [-0.39, 0.29) is 24.5 Å². The molecule has 252 valence electrons. The lowest BCUT2D eigenvalue weighted by molar-refractivity contribution is -0.363. The molecule has 17 nitrogen and oxygen atoms in total. The average Bonchev–Trinajstić information content (AvgIpc) is 3.01. The van der Waals surface area contributed by atoms with Gasteiger partial charge in [0.25, 0.3) is 0 Å². The number of rotatable bonds is 11. The summed E-state index contributed by atoms with van der Waals surface area (Å²) in [5.41, 5.74) is 0.709. The third-order valence-corrected chi connectivity index (χ3v) is 7.93. The molecular weight excluding hydrogens is 596 g/mol. The molecule has 1 aromatic carbocycles. The third-order valence-electron chi connectivity index (χ3n) is 7.93. The van der Waals surface area contributed by atoms with Crippen LogP contribution in [0.15, 0.2) is 18.2 Å². The van der Waals surface area contributed by atoms with Crippen molar-refractivity contribution < 1.29 is 84.2 Å². The van der Waals surface area contributed by atoms with Gasteiger partial charge in [-0.15, -0.1) is 0 Å². The quantitative estimate of drug-likeness (QED) is 0.109. The number of aliphatic hydroxyl groups is 9. The first-order chi connectivity index (χ1) is 20.9. The number of ether oxygens (including phenoxy) is 7. The molecule has 10 N–H and O–H groups in total. The Balaban J connectivity index is 1.47. The van der Waals surface area contributed by atoms with E-state index in [1.54, 1.807) is 12.1 Å². The molecule has 0 amide bonds. The summed E-state index contributed by atoms with van der Waals surface area (Å²) in [5, 5.41) is 102. The van der Waals surface area contributed by atoms with E-state index in [2.05, 4.69) is 0 Å². The van der Waals surface area contributed by atoms with Crippen LogP contribution in [0.25, 0.3) is 0 Å². The van der Waals surface area contributed by atoms with Crippen molar-refractivity contribution in [1.29, 1.82) is 0 Å². The number of phenolic OH excluding ortho intramolecular Hbond substituents is 1. The number of hydrogen-bond donors (Lipinski definition) is 10. The van der Waals surface area contributed by atoms with Crippen molar-refractivity contribution in [2.45, 2.75) is 105 Å². The Hall–Kier alpha value is -1.78. The second-order valence-electron chi connectivity index (χ2n) is 11.0. The van der Waals surface area contributed by atoms with Crippen LogP contribution in [0.5, 0.6) is 11.5 Å². The zero-order valence-electron chi connectivity index (χ0n) is 24.1. The van der Waals surface area contributed by atoms with Gasteiger partial charge in [-0.2, -0.15) is 0 Å². The van der Waals surface area contributed by atoms with Gasteiger partial charge in [0.2, 0.25) is 0 Å². The molecule has 15 atom stereocenters. The third kappa shape index (κ3) is 7.60. The van der Waals surface area contributed by atoms with Gasteiger partial charge < -0.3 is 84.2 Å². The van der Waals surface area contributed by atoms with E-state index in [0.29, 0.717) is 5.56 Å². The minimum Gasteiger partial charge on any atom is -0.504 e. The van der Waals surface area contributed by atoms with Crippen LogP contribution in [0.4, 0.5) is 0 Å². The number of hydrogen-bond acceptors (Lipinski definition) is 17. The Bertz CT molecular complexity index is 1050. The van der Waals surface area contributed by atoms with Crippen LogP contribution in [0.1, 0.15) is 12.5 Å². The predicted molar refractivity (Wildman–Crippen MR) is 142 cm³/mol. The van der Waals surface area contributed by atoms with Gasteiger partial charge in [-0.25, -0.2) is 0 Å². The molecule has 17 heteroatoms. The molecule has 1 aromatic rings. The molecule has 3 heterocycles. The van der Waals surface area contributed by atoms with Gasteiger partial charge in [-0.3, -0.25) is 0 Å². The first kappa shape index (κ1) is 35.1. The molecule has 3 aliphatic rings. The van der Waals surface area contributed by atoms with Crippen LogP contribution in [0, 0.1) is 0 Å². The Morgan fingerprint density at radius 3 is 2.02 bits per heavy atom. The highest BCUT2D eigenvalue weighted by molar-refractivity contribution is 5.41. The summed E-state index contributed by atoms with van der Waals surface area (Å²) in [6.07, 6.45) is -22.8. The lowest BCUT2D eigenvalue weighted by atomic mass is 9.97. The molecule has 44 heavy (non-hydrogen) atoms. The largest absolute Gasteiger partial charge is 0.504 e. The summed E-state index contributed by atoms with van der Waals surface area (Å²) in [6, 6.07) is 4.66. The molecule has 3 fully saturated rings. The van der Waals surface area contributed by atoms with E-state index in [1.807, 2.05) is 0 Å². The topological polar surface area (TPSA) is 267 Å². The summed E-state index contributed by atoms with van der Waals surface area (Å²) in [5.74, 6) is 0.185. The molecule has 3 aliphatic heterocycles. The fraction of sp³-hybridized carbons (Fsp3) is 0.778. The summed E-state index contributed by atoms with van der Waals surface area (Å²) >= 11 is 0. The van der Waals surface area contributed by atoms with Crippen LogP contribution in [0.2, 0.25) is 0 Å². The molecule has 4 rings (SSSR count). The Morgan fingerprint density at radius 1 is 0.705 bits per heavy atom. The van der Waals surface area contributed by atoms with E-state index < -0.39 is 105 Å². The van der Waals surface area contributed by atoms with Crippen molar-refractivity contribution >= 4 is 0 Å². The van der Waals surface area contributed by atoms with Crippen LogP contribution >= 0.6 is 0 Å². The highest BCUT2D eigenvalue weighted by atomic mass is 16.7. The summed E-state index contributed by atoms with van der Waals surface area (Å²) in [6.45, 7) is 0.149. The first-order valence-corrected chi connectivity index (χ1v) is 14.1. The van der Waals surface area contributed by atoms with Crippen LogP contribution in [0.3, 0.4) is 0 Å². The van der Waals surface area contributed by atoms with Gasteiger partial charge in [0.1, 0.15) is 67.1 Å². The second kappa shape index (κ2) is 15.2. The van der Waals surface area contributed by atoms with Gasteiger partial charge in [-0.05, 0) is 31.0 Å². The van der Waals surface area contributed by atoms with Crippen molar-refractivity contribution in [2.75, 3.05) is 26.9 Å². The lowest BCUT2D eigenvalue weighted by Crippen LogP contribution is -2.64. The monoisotopic (exact) mass is 638 g/mol. The fourth-order valence-corrected chi connectivity index (χ4v) is 5.18. The summed E-state index contributed by atoms with van der Waals surface area (Å²) < 4.78 is 38.7. The van der Waals surface area contributed by atoms with Gasteiger partial charge in [0.15, 0.2) is 30.4 Å². The maximum Gasteiger partial charge on any atom is 0.187 e. The second-order valence-corrected chi connectivity index (χ2v) is 11.0. The van der Waals surface area contributed by atoms with Gasteiger partial charge in [0, 0.05) is 0 Å². The lowest BCUT2D eigenvalue weighted by Gasteiger charge is -2.46. The zero-order valence-corrected chi connectivity index (χ0v) is 24.1. The van der Waals surface area contributed by atoms with Gasteiger partial charge in [-0.1, -0.05) is 6.07 Å². The number of benzene rings is 1. The molecular formula is C27H42O17. The van der Waals surface area contributed by atoms with E-state index in [1.165, 1.54) is 20.1 Å². The Morgan fingerprint density at radius 2 is 1.34 bits per heavy atom. The van der Waals surface area contributed by atoms with Crippen LogP contribution < -0.4 is 4.74 Å². The van der Waals surface area contributed by atoms with Gasteiger partial charge in [0.05, 0.1) is 33.0 Å². The normalized spacial score (nSPS) is 43.1. The highest BCUT2D eigenvalue weighted by Crippen LogP contribution is 2.31. The molecule has 0 spiro atoms. The zero-order chi connectivity index (χ0) is 32.3. The molecule has 3 saturated heterocycles. The van der Waals surface area contributed by atoms with Crippen LogP contribution in [-0.4, -0.2) is 170 Å². The molecule has 0 aromatic heterocycles. The minimum atomic E-state index is -1.75. The highest BCUT2D eigenvalue weighted by Gasteiger charge is 2.51. The summed E-state index contributed by atoms with van der Waals surface area (Å²) in [4.78, 5) is 0. The van der Waals surface area contributed by atoms with E-state index >= 15 is 0 Å². The number of aromatic hydroxyl groups is 1. The predicted octanol–water partition coefficient (Wildman–Crippen LogP) is -4.56. The van der Waals surface area contributed by atoms with Crippen molar-refractivity contribution in [2.24, 2.45) is 0 Å². The minimum absolute atomic E-state index is 0.0384. The standard InChI is InChI=1S/C27H42O17/c1-10-16(30)19(33)22(36)27(41-10)44-24-18(32)15(9-40-25-21(35)20(34)17(31)14(8-28)42-25)43-26(23(24)37)39-6-5-11-3-4-12(29)13(7-11)38-2/h3-4,7,10,14-37H,5-6,8-9H2,1-2H3/t10-,14+,15+,16-,17+,18+,19+,20-,21+,22+,23+,24-,25+,26+,27-/m0/s1. The molecule has 0 bridgehead atoms. The van der Waals surface area contributed by atoms with Gasteiger partial charge >= 0.3 is 0 Å². The maximum absolute atomic E-state index is 11.1. The molecule has 0 saturated carbocycles. The van der Waals surface area contributed by atoms with E-state index in [0.717, 1.165) is 0 Å². The van der Waals surface area contributed by atoms with Crippen LogP contribution in [-0.2, 0) is 34.8 Å². The number of methoxy groups -OCH3 is 1. The molecule has 0 radical (unpaired) electrons. The van der Waals surface area contributed by atoms with Crippen molar-refractivity contribution in [3.8, 4) is 11.5 Å². The number of aliphatic hydroxyl groups excluding tert-OH is 9. The fourth-order valence-electron chi connectivity index (χ4n) is 5.18. The average molecular weight is 639 g/mol.